The smallest absolute Gasteiger partial charge is 0.326 e. The largest absolute Gasteiger partial charge is 0.481 e. The van der Waals surface area contributed by atoms with Crippen molar-refractivity contribution in [3.63, 3.8) is 0 Å². The number of carbonyl (C=O) groups excluding carboxylic acids is 1. The van der Waals surface area contributed by atoms with Crippen LogP contribution in [0.4, 0.5) is 0 Å². The molecule has 0 saturated heterocycles. The van der Waals surface area contributed by atoms with Gasteiger partial charge in [0.1, 0.15) is 6.04 Å². The molecule has 0 saturated carbocycles. The van der Waals surface area contributed by atoms with Crippen molar-refractivity contribution in [1.29, 1.82) is 0 Å². The van der Waals surface area contributed by atoms with Crippen molar-refractivity contribution in [2.45, 2.75) is 109 Å². The molecule has 0 rings (SSSR count). The Kier molecular flexibility index (Phi) is 15.8. The Hall–Kier alpha value is -1.59. The molecule has 6 nitrogen and oxygen atoms in total. The summed E-state index contributed by atoms with van der Waals surface area (Å²) in [6.07, 6.45) is 13.9. The second-order valence-electron chi connectivity index (χ2n) is 7.03. The second-order valence-corrected chi connectivity index (χ2v) is 7.03. The highest BCUT2D eigenvalue weighted by Gasteiger charge is 2.19. The van der Waals surface area contributed by atoms with Gasteiger partial charge in [-0.3, -0.25) is 9.59 Å². The van der Waals surface area contributed by atoms with E-state index in [1.165, 1.54) is 51.4 Å². The summed E-state index contributed by atoms with van der Waals surface area (Å²) in [4.78, 5) is 33.4. The summed E-state index contributed by atoms with van der Waals surface area (Å²) >= 11 is 0. The predicted octanol–water partition coefficient (Wildman–Crippen LogP) is 4.51. The van der Waals surface area contributed by atoms with Gasteiger partial charge in [-0.05, 0) is 19.3 Å². The number of aliphatic carboxylic acids is 2. The topological polar surface area (TPSA) is 104 Å². The van der Waals surface area contributed by atoms with E-state index >= 15 is 0 Å². The molecular weight excluding hydrogens is 334 g/mol. The number of hydrogen-bond acceptors (Lipinski definition) is 3. The maximum Gasteiger partial charge on any atom is 0.326 e. The molecule has 1 unspecified atom stereocenters. The van der Waals surface area contributed by atoms with Crippen molar-refractivity contribution in [3.05, 3.63) is 0 Å². The Bertz CT molecular complexity index is 398. The second kappa shape index (κ2) is 16.9. The molecule has 0 radical (unpaired) electrons. The van der Waals surface area contributed by atoms with Crippen molar-refractivity contribution >= 4 is 17.8 Å². The molecule has 1 amide bonds. The van der Waals surface area contributed by atoms with Crippen LogP contribution in [0, 0.1) is 0 Å². The lowest BCUT2D eigenvalue weighted by atomic mass is 10.0. The minimum Gasteiger partial charge on any atom is -0.481 e. The molecule has 0 aromatic heterocycles. The fourth-order valence-corrected chi connectivity index (χ4v) is 2.93. The normalized spacial score (nSPS) is 11.9. The van der Waals surface area contributed by atoms with E-state index in [1.807, 2.05) is 0 Å². The maximum absolute atomic E-state index is 11.8. The highest BCUT2D eigenvalue weighted by molar-refractivity contribution is 5.83. The molecule has 0 aromatic rings. The number of nitrogens with one attached hydrogen (secondary N) is 1. The van der Waals surface area contributed by atoms with E-state index in [0.717, 1.165) is 19.3 Å². The van der Waals surface area contributed by atoms with E-state index in [-0.39, 0.29) is 25.2 Å². The van der Waals surface area contributed by atoms with E-state index in [2.05, 4.69) is 12.2 Å². The van der Waals surface area contributed by atoms with Crippen LogP contribution in [0.25, 0.3) is 0 Å². The Balaban J connectivity index is 3.61. The molecule has 0 fully saturated rings. The van der Waals surface area contributed by atoms with E-state index in [9.17, 15) is 14.4 Å². The van der Waals surface area contributed by atoms with Crippen LogP contribution in [0.15, 0.2) is 0 Å². The molecule has 3 N–H and O–H groups in total. The number of unbranched alkanes of at least 4 members (excludes halogenated alkanes) is 10. The SMILES string of the molecule is CCCCCCCCCCCCCC(=O)NC(CCCC(=O)O)C(=O)O. The van der Waals surface area contributed by atoms with Crippen molar-refractivity contribution in [2.24, 2.45) is 0 Å². The summed E-state index contributed by atoms with van der Waals surface area (Å²) in [5.74, 6) is -2.33. The van der Waals surface area contributed by atoms with Crippen LogP contribution in [0.1, 0.15) is 103 Å². The Morgan fingerprint density at radius 1 is 0.731 bits per heavy atom. The third-order valence-electron chi connectivity index (χ3n) is 4.52. The van der Waals surface area contributed by atoms with Crippen LogP contribution in [0.2, 0.25) is 0 Å². The number of carboxylic acid groups (broad SMARTS) is 2. The highest BCUT2D eigenvalue weighted by atomic mass is 16.4. The fourth-order valence-electron chi connectivity index (χ4n) is 2.93. The van der Waals surface area contributed by atoms with Crippen molar-refractivity contribution < 1.29 is 24.6 Å². The summed E-state index contributed by atoms with van der Waals surface area (Å²) < 4.78 is 0. The number of hydrogen-bond donors (Lipinski definition) is 3. The van der Waals surface area contributed by atoms with Gasteiger partial charge in [0.05, 0.1) is 0 Å². The van der Waals surface area contributed by atoms with Gasteiger partial charge in [-0.25, -0.2) is 4.79 Å². The standard InChI is InChI=1S/C20H37NO5/c1-2-3-4-5-6-7-8-9-10-11-12-15-18(22)21-17(20(25)26)14-13-16-19(23)24/h17H,2-16H2,1H3,(H,21,22)(H,23,24)(H,25,26). The Labute approximate surface area is 157 Å². The monoisotopic (exact) mass is 371 g/mol. The third-order valence-corrected chi connectivity index (χ3v) is 4.52. The minimum atomic E-state index is -1.11. The van der Waals surface area contributed by atoms with Crippen LogP contribution in [-0.4, -0.2) is 34.1 Å². The van der Waals surface area contributed by atoms with Crippen molar-refractivity contribution in [1.82, 2.24) is 5.32 Å². The lowest BCUT2D eigenvalue weighted by Gasteiger charge is -2.14. The van der Waals surface area contributed by atoms with Gasteiger partial charge < -0.3 is 15.5 Å². The Morgan fingerprint density at radius 2 is 1.23 bits per heavy atom. The van der Waals surface area contributed by atoms with Gasteiger partial charge in [-0.2, -0.15) is 0 Å². The number of carbonyl (C=O) groups is 3. The fraction of sp³-hybridized carbons (Fsp3) is 0.850. The number of carboxylic acids is 2. The Morgan fingerprint density at radius 3 is 1.69 bits per heavy atom. The molecule has 152 valence electrons. The predicted molar refractivity (Wildman–Crippen MR) is 102 cm³/mol. The first-order valence-corrected chi connectivity index (χ1v) is 10.2. The first-order chi connectivity index (χ1) is 12.5. The molecule has 26 heavy (non-hydrogen) atoms. The van der Waals surface area contributed by atoms with Crippen molar-refractivity contribution in [3.8, 4) is 0 Å². The lowest BCUT2D eigenvalue weighted by Crippen LogP contribution is -2.40. The molecule has 0 aliphatic heterocycles. The first kappa shape index (κ1) is 24.4. The van der Waals surface area contributed by atoms with Crippen LogP contribution in [0.5, 0.6) is 0 Å². The van der Waals surface area contributed by atoms with Gasteiger partial charge in [0, 0.05) is 12.8 Å². The molecule has 0 heterocycles. The quantitative estimate of drug-likeness (QED) is 0.307. The summed E-state index contributed by atoms with van der Waals surface area (Å²) in [5, 5.41) is 20.2. The zero-order chi connectivity index (χ0) is 19.6. The summed E-state index contributed by atoms with van der Waals surface area (Å²) in [6.45, 7) is 2.22. The summed E-state index contributed by atoms with van der Waals surface area (Å²) in [6, 6.07) is -0.991. The first-order valence-electron chi connectivity index (χ1n) is 10.2. The molecule has 0 bridgehead atoms. The van der Waals surface area contributed by atoms with Gasteiger partial charge in [0.15, 0.2) is 0 Å². The summed E-state index contributed by atoms with van der Waals surface area (Å²) in [7, 11) is 0. The van der Waals surface area contributed by atoms with Crippen LogP contribution >= 0.6 is 0 Å². The molecule has 0 aromatic carbocycles. The summed E-state index contributed by atoms with van der Waals surface area (Å²) in [5.41, 5.74) is 0. The minimum absolute atomic E-state index is 0.0851. The average molecular weight is 372 g/mol. The van der Waals surface area contributed by atoms with Crippen LogP contribution < -0.4 is 5.32 Å². The zero-order valence-corrected chi connectivity index (χ0v) is 16.3. The van der Waals surface area contributed by atoms with Gasteiger partial charge >= 0.3 is 11.9 Å². The van der Waals surface area contributed by atoms with Gasteiger partial charge in [0.2, 0.25) is 5.91 Å². The third kappa shape index (κ3) is 15.9. The van der Waals surface area contributed by atoms with E-state index in [0.29, 0.717) is 6.42 Å². The zero-order valence-electron chi connectivity index (χ0n) is 16.3. The molecule has 1 atom stereocenters. The molecule has 0 aliphatic carbocycles. The van der Waals surface area contributed by atoms with Crippen LogP contribution in [-0.2, 0) is 14.4 Å². The average Bonchev–Trinajstić information content (AvgIpc) is 2.58. The van der Waals surface area contributed by atoms with Gasteiger partial charge in [-0.15, -0.1) is 0 Å². The molecule has 0 aliphatic rings. The van der Waals surface area contributed by atoms with Gasteiger partial charge in [0.25, 0.3) is 0 Å². The molecule has 0 spiro atoms. The number of rotatable bonds is 18. The highest BCUT2D eigenvalue weighted by Crippen LogP contribution is 2.12. The van der Waals surface area contributed by atoms with E-state index in [1.54, 1.807) is 0 Å². The van der Waals surface area contributed by atoms with Gasteiger partial charge in [-0.1, -0.05) is 71.1 Å². The van der Waals surface area contributed by atoms with Crippen LogP contribution in [0.3, 0.4) is 0 Å². The molecular formula is C20H37NO5. The van der Waals surface area contributed by atoms with Crippen molar-refractivity contribution in [2.75, 3.05) is 0 Å². The maximum atomic E-state index is 11.8. The van der Waals surface area contributed by atoms with E-state index < -0.39 is 18.0 Å². The molecule has 6 heteroatoms. The number of amides is 1. The lowest BCUT2D eigenvalue weighted by molar-refractivity contribution is -0.142. The van der Waals surface area contributed by atoms with E-state index in [4.69, 9.17) is 10.2 Å².